The number of hydrogen-bond donors (Lipinski definition) is 3. The van der Waals surface area contributed by atoms with Crippen molar-refractivity contribution in [1.29, 1.82) is 0 Å². The van der Waals surface area contributed by atoms with E-state index >= 15 is 0 Å². The average Bonchev–Trinajstić information content (AvgIpc) is 3.91. The summed E-state index contributed by atoms with van der Waals surface area (Å²) in [5.41, 5.74) is 7.62. The summed E-state index contributed by atoms with van der Waals surface area (Å²) in [6.07, 6.45) is 15.2. The van der Waals surface area contributed by atoms with Gasteiger partial charge in [0.25, 0.3) is 0 Å². The molecule has 1 aromatic carbocycles. The fourth-order valence-electron chi connectivity index (χ4n) is 7.13. The first-order valence-electron chi connectivity index (χ1n) is 16.8. The van der Waals surface area contributed by atoms with Crippen LogP contribution in [0.1, 0.15) is 44.1 Å². The van der Waals surface area contributed by atoms with E-state index in [1.807, 2.05) is 36.8 Å². The van der Waals surface area contributed by atoms with E-state index in [0.29, 0.717) is 23.6 Å². The van der Waals surface area contributed by atoms with Crippen LogP contribution in [0.5, 0.6) is 5.75 Å². The lowest BCUT2D eigenvalue weighted by atomic mass is 10.1. The molecule has 0 unspecified atom stereocenters. The molecule has 0 radical (unpaired) electrons. The zero-order valence-electron chi connectivity index (χ0n) is 26.4. The molecule has 9 nitrogen and oxygen atoms in total. The van der Waals surface area contributed by atoms with Crippen LogP contribution in [0.3, 0.4) is 0 Å². The maximum Gasteiger partial charge on any atom is 0.127 e. The molecule has 0 atom stereocenters. The van der Waals surface area contributed by atoms with E-state index in [1.54, 1.807) is 6.20 Å². The molecule has 1 aliphatic carbocycles. The van der Waals surface area contributed by atoms with Gasteiger partial charge in [-0.1, -0.05) is 12.8 Å². The van der Waals surface area contributed by atoms with Crippen LogP contribution in [0, 0.1) is 11.7 Å². The molecule has 8 rings (SSSR count). The Morgan fingerprint density at radius 1 is 0.872 bits per heavy atom. The summed E-state index contributed by atoms with van der Waals surface area (Å²) >= 11 is 0. The van der Waals surface area contributed by atoms with Crippen LogP contribution in [0.2, 0.25) is 0 Å². The number of nitrogens with zero attached hydrogens (tertiary/aromatic N) is 5. The van der Waals surface area contributed by atoms with E-state index in [9.17, 15) is 4.39 Å². The van der Waals surface area contributed by atoms with Gasteiger partial charge in [0.05, 0.1) is 28.8 Å². The van der Waals surface area contributed by atoms with Crippen LogP contribution in [0.25, 0.3) is 55.7 Å². The Morgan fingerprint density at radius 2 is 1.74 bits per heavy atom. The molecule has 2 aliphatic rings. The van der Waals surface area contributed by atoms with Gasteiger partial charge in [0.1, 0.15) is 23.9 Å². The number of nitrogens with one attached hydrogen (secondary N) is 3. The second-order valence-corrected chi connectivity index (χ2v) is 12.9. The zero-order chi connectivity index (χ0) is 31.6. The topological polar surface area (TPSA) is 108 Å². The Hall–Kier alpha value is -4.67. The van der Waals surface area contributed by atoms with Crippen molar-refractivity contribution in [2.45, 2.75) is 45.1 Å². The van der Waals surface area contributed by atoms with Gasteiger partial charge >= 0.3 is 0 Å². The fraction of sp³-hybridized carbons (Fsp3) is 0.351. The van der Waals surface area contributed by atoms with Gasteiger partial charge in [0.2, 0.25) is 0 Å². The molecule has 240 valence electrons. The van der Waals surface area contributed by atoms with Crippen molar-refractivity contribution >= 4 is 21.8 Å². The number of halogens is 1. The van der Waals surface area contributed by atoms with Crippen LogP contribution < -0.4 is 10.1 Å². The summed E-state index contributed by atoms with van der Waals surface area (Å²) in [4.78, 5) is 19.8. The third-order valence-corrected chi connectivity index (χ3v) is 9.60. The minimum absolute atomic E-state index is 0.352. The second kappa shape index (κ2) is 13.2. The van der Waals surface area contributed by atoms with Gasteiger partial charge in [0, 0.05) is 65.2 Å². The molecule has 47 heavy (non-hydrogen) atoms. The number of likely N-dealkylation sites (tertiary alicyclic amines) is 1. The molecule has 5 aromatic heterocycles. The lowest BCUT2D eigenvalue weighted by Gasteiger charge is -2.15. The maximum atomic E-state index is 14.8. The Labute approximate surface area is 273 Å². The highest BCUT2D eigenvalue weighted by Crippen LogP contribution is 2.35. The van der Waals surface area contributed by atoms with E-state index in [2.05, 4.69) is 47.5 Å². The summed E-state index contributed by atoms with van der Waals surface area (Å²) in [6.45, 7) is 5.42. The zero-order valence-corrected chi connectivity index (χ0v) is 26.4. The molecular weight excluding hydrogens is 591 g/mol. The molecule has 0 amide bonds. The first-order chi connectivity index (χ1) is 23.2. The number of pyridine rings is 3. The van der Waals surface area contributed by atoms with Gasteiger partial charge < -0.3 is 15.0 Å². The number of benzene rings is 1. The lowest BCUT2D eigenvalue weighted by Crippen LogP contribution is -2.25. The molecule has 1 aliphatic heterocycles. The molecule has 10 heteroatoms. The van der Waals surface area contributed by atoms with Crippen LogP contribution in [0.15, 0.2) is 67.3 Å². The first kappa shape index (κ1) is 29.7. The number of rotatable bonds is 11. The standard InChI is InChI=1S/C37H39FN8O/c38-28-14-26(15-29(16-28)47-12-11-46-9-3-4-10-46)36-30-18-34(43-32(30)7-8-41-36)37-31-17-33(42-23-35(31)44-45-37)27-13-25(21-40-22-27)20-39-19-24-5-1-2-6-24/h7-8,13-18,21-24,39,43H,1-6,9-12,19-20H2,(H,44,45). The van der Waals surface area contributed by atoms with Crippen molar-refractivity contribution < 1.29 is 9.13 Å². The van der Waals surface area contributed by atoms with E-state index in [0.717, 1.165) is 88.7 Å². The Bertz CT molecular complexity index is 2010. The Kier molecular flexibility index (Phi) is 8.35. The first-order valence-corrected chi connectivity index (χ1v) is 16.8. The number of ether oxygens (including phenoxy) is 1. The fourth-order valence-corrected chi connectivity index (χ4v) is 7.13. The van der Waals surface area contributed by atoms with Gasteiger partial charge in [0.15, 0.2) is 0 Å². The van der Waals surface area contributed by atoms with Gasteiger partial charge in [-0.25, -0.2) is 4.39 Å². The van der Waals surface area contributed by atoms with E-state index < -0.39 is 0 Å². The van der Waals surface area contributed by atoms with E-state index in [-0.39, 0.29) is 5.82 Å². The van der Waals surface area contributed by atoms with Crippen molar-refractivity contribution in [2.24, 2.45) is 5.92 Å². The molecule has 3 N–H and O–H groups in total. The molecule has 6 heterocycles. The summed E-state index contributed by atoms with van der Waals surface area (Å²) in [6, 6.07) is 13.0. The smallest absolute Gasteiger partial charge is 0.127 e. The highest BCUT2D eigenvalue weighted by molar-refractivity contribution is 6.00. The van der Waals surface area contributed by atoms with E-state index in [1.165, 1.54) is 50.7 Å². The van der Waals surface area contributed by atoms with Gasteiger partial charge in [-0.15, -0.1) is 0 Å². The summed E-state index contributed by atoms with van der Waals surface area (Å²) in [5, 5.41) is 13.2. The van der Waals surface area contributed by atoms with Gasteiger partial charge in [-0.2, -0.15) is 5.10 Å². The monoisotopic (exact) mass is 630 g/mol. The van der Waals surface area contributed by atoms with Crippen molar-refractivity contribution in [3.8, 4) is 39.7 Å². The largest absolute Gasteiger partial charge is 0.492 e. The van der Waals surface area contributed by atoms with Crippen LogP contribution >= 0.6 is 0 Å². The predicted octanol–water partition coefficient (Wildman–Crippen LogP) is 7.12. The van der Waals surface area contributed by atoms with Crippen molar-refractivity contribution in [3.63, 3.8) is 0 Å². The van der Waals surface area contributed by atoms with Gasteiger partial charge in [-0.05, 0) is 93.2 Å². The van der Waals surface area contributed by atoms with Crippen molar-refractivity contribution in [1.82, 2.24) is 40.3 Å². The maximum absolute atomic E-state index is 14.8. The van der Waals surface area contributed by atoms with Crippen LogP contribution in [-0.2, 0) is 6.54 Å². The Balaban J connectivity index is 1.05. The Morgan fingerprint density at radius 3 is 2.64 bits per heavy atom. The molecule has 6 aromatic rings. The van der Waals surface area contributed by atoms with Crippen molar-refractivity contribution in [3.05, 3.63) is 78.6 Å². The summed E-state index contributed by atoms with van der Waals surface area (Å²) < 4.78 is 20.8. The molecule has 1 saturated carbocycles. The number of aromatic amines is 2. The summed E-state index contributed by atoms with van der Waals surface area (Å²) in [5.74, 6) is 0.950. The molecule has 2 fully saturated rings. The minimum atomic E-state index is -0.352. The van der Waals surface area contributed by atoms with E-state index in [4.69, 9.17) is 9.72 Å². The number of H-pyrrole nitrogens is 2. The third kappa shape index (κ3) is 6.48. The average molecular weight is 631 g/mol. The van der Waals surface area contributed by atoms with Crippen LogP contribution in [-0.4, -0.2) is 67.8 Å². The highest BCUT2D eigenvalue weighted by Gasteiger charge is 2.18. The third-order valence-electron chi connectivity index (χ3n) is 9.60. The SMILES string of the molecule is Fc1cc(OCCN2CCCC2)cc(-c2nccc3[nH]c(-c4n[nH]c5cnc(-c6cncc(CNCC7CCCC7)c6)cc45)cc23)c1. The molecular formula is C37H39FN8O. The molecule has 0 spiro atoms. The van der Waals surface area contributed by atoms with Crippen LogP contribution in [0.4, 0.5) is 4.39 Å². The number of hydrogen-bond acceptors (Lipinski definition) is 7. The number of fused-ring (bicyclic) bond motifs is 2. The van der Waals surface area contributed by atoms with Gasteiger partial charge in [-0.3, -0.25) is 25.0 Å². The quantitative estimate of drug-likeness (QED) is 0.140. The predicted molar refractivity (Wildman–Crippen MR) is 182 cm³/mol. The lowest BCUT2D eigenvalue weighted by molar-refractivity contribution is 0.237. The second-order valence-electron chi connectivity index (χ2n) is 12.9. The normalized spacial score (nSPS) is 15.8. The highest BCUT2D eigenvalue weighted by atomic mass is 19.1. The number of aromatic nitrogens is 6. The molecule has 0 bridgehead atoms. The molecule has 1 saturated heterocycles. The van der Waals surface area contributed by atoms with Crippen molar-refractivity contribution in [2.75, 3.05) is 32.8 Å². The minimum Gasteiger partial charge on any atom is -0.492 e. The summed E-state index contributed by atoms with van der Waals surface area (Å²) in [7, 11) is 0.